The molecular formula is C28H32BrP. The van der Waals surface area contributed by atoms with E-state index in [1.807, 2.05) is 0 Å². The Balaban J connectivity index is 0.00000320. The van der Waals surface area contributed by atoms with E-state index in [4.69, 9.17) is 0 Å². The zero-order chi connectivity index (χ0) is 20.5. The predicted molar refractivity (Wildman–Crippen MR) is 132 cm³/mol. The summed E-state index contributed by atoms with van der Waals surface area (Å²) in [5.41, 5.74) is 2.88. The molecule has 0 aliphatic carbocycles. The highest BCUT2D eigenvalue weighted by atomic mass is 79.9. The molecule has 0 atom stereocenters. The van der Waals surface area contributed by atoms with Crippen molar-refractivity contribution in [2.45, 2.75) is 33.6 Å². The van der Waals surface area contributed by atoms with Crippen LogP contribution in [-0.4, -0.2) is 6.16 Å². The largest absolute Gasteiger partial charge is 1.00 e. The summed E-state index contributed by atoms with van der Waals surface area (Å²) in [4.78, 5) is 0. The molecule has 3 rings (SSSR count). The van der Waals surface area contributed by atoms with Gasteiger partial charge in [-0.05, 0) is 76.1 Å². The maximum atomic E-state index is 2.50. The van der Waals surface area contributed by atoms with E-state index in [0.717, 1.165) is 19.0 Å². The van der Waals surface area contributed by atoms with Gasteiger partial charge in [0.25, 0.3) is 0 Å². The van der Waals surface area contributed by atoms with Crippen LogP contribution in [0.2, 0.25) is 0 Å². The Labute approximate surface area is 193 Å². The second-order valence-corrected chi connectivity index (χ2v) is 11.4. The third-order valence-corrected chi connectivity index (χ3v) is 9.67. The highest BCUT2D eigenvalue weighted by Gasteiger charge is 2.44. The maximum absolute atomic E-state index is 2.50. The van der Waals surface area contributed by atoms with Crippen molar-refractivity contribution in [2.24, 2.45) is 0 Å². The summed E-state index contributed by atoms with van der Waals surface area (Å²) >= 11 is 0. The fourth-order valence-electron chi connectivity index (χ4n) is 3.79. The number of allylic oxidation sites excluding steroid dienone is 4. The molecule has 0 saturated heterocycles. The van der Waals surface area contributed by atoms with Crippen LogP contribution in [0.25, 0.3) is 0 Å². The molecule has 0 bridgehead atoms. The van der Waals surface area contributed by atoms with E-state index in [-0.39, 0.29) is 17.0 Å². The lowest BCUT2D eigenvalue weighted by Crippen LogP contribution is -3.00. The summed E-state index contributed by atoms with van der Waals surface area (Å²) < 4.78 is 0. The molecule has 0 aromatic heterocycles. The second kappa shape index (κ2) is 12.0. The summed E-state index contributed by atoms with van der Waals surface area (Å²) in [5.74, 6) is 0. The maximum Gasteiger partial charge on any atom is 0.115 e. The average Bonchev–Trinajstić information content (AvgIpc) is 2.76. The molecule has 0 nitrogen and oxygen atoms in total. The molecule has 0 unspecified atom stereocenters. The molecule has 0 amide bonds. The zero-order valence-corrected chi connectivity index (χ0v) is 20.7. The van der Waals surface area contributed by atoms with Gasteiger partial charge >= 0.3 is 0 Å². The summed E-state index contributed by atoms with van der Waals surface area (Å²) in [6, 6.07) is 33.4. The topological polar surface area (TPSA) is 0 Å². The van der Waals surface area contributed by atoms with Gasteiger partial charge in [0.15, 0.2) is 0 Å². The molecule has 2 heteroatoms. The summed E-state index contributed by atoms with van der Waals surface area (Å²) in [6.45, 7) is 6.64. The van der Waals surface area contributed by atoms with Crippen LogP contribution < -0.4 is 32.9 Å². The molecule has 0 radical (unpaired) electrons. The van der Waals surface area contributed by atoms with E-state index < -0.39 is 7.26 Å². The third kappa shape index (κ3) is 6.03. The highest BCUT2D eigenvalue weighted by Crippen LogP contribution is 2.55. The first-order valence-electron chi connectivity index (χ1n) is 10.5. The van der Waals surface area contributed by atoms with Crippen LogP contribution in [0.4, 0.5) is 0 Å². The van der Waals surface area contributed by atoms with E-state index in [0.29, 0.717) is 0 Å². The predicted octanol–water partition coefficient (Wildman–Crippen LogP) is 3.68. The van der Waals surface area contributed by atoms with Crippen LogP contribution in [0.3, 0.4) is 0 Å². The molecule has 0 heterocycles. The standard InChI is InChI=1S/C28H32P.BrH/c1-24(2)14-13-15-25(3)22-23-29(26-16-7-4-8-17-26,27-18-9-5-10-19-27)28-20-11-6-12-21-28;/h4-12,14,16-22H,13,15,23H2,1-3H3;1H/q+1;/p-1. The van der Waals surface area contributed by atoms with E-state index in [2.05, 4.69) is 124 Å². The van der Waals surface area contributed by atoms with Crippen molar-refractivity contribution in [1.82, 2.24) is 0 Å². The quantitative estimate of drug-likeness (QED) is 0.342. The van der Waals surface area contributed by atoms with Gasteiger partial charge in [-0.2, -0.15) is 0 Å². The third-order valence-electron chi connectivity index (χ3n) is 5.40. The van der Waals surface area contributed by atoms with Gasteiger partial charge < -0.3 is 17.0 Å². The van der Waals surface area contributed by atoms with Crippen molar-refractivity contribution in [2.75, 3.05) is 6.16 Å². The number of rotatable bonds is 8. The fraction of sp³-hybridized carbons (Fsp3) is 0.214. The number of hydrogen-bond donors (Lipinski definition) is 0. The summed E-state index contributed by atoms with van der Waals surface area (Å²) in [7, 11) is -1.75. The van der Waals surface area contributed by atoms with Crippen molar-refractivity contribution in [3.05, 3.63) is 114 Å². The molecule has 0 spiro atoms. The van der Waals surface area contributed by atoms with Crippen LogP contribution in [0.5, 0.6) is 0 Å². The summed E-state index contributed by atoms with van der Waals surface area (Å²) in [5, 5.41) is 4.35. The van der Waals surface area contributed by atoms with Crippen molar-refractivity contribution in [1.29, 1.82) is 0 Å². The first kappa shape index (κ1) is 24.3. The lowest BCUT2D eigenvalue weighted by molar-refractivity contribution is -0.00000596. The summed E-state index contributed by atoms with van der Waals surface area (Å²) in [6.07, 6.45) is 8.15. The molecule has 3 aromatic rings. The number of hydrogen-bond acceptors (Lipinski definition) is 0. The Morgan fingerprint density at radius 2 is 1.03 bits per heavy atom. The zero-order valence-electron chi connectivity index (χ0n) is 18.3. The molecular weight excluding hydrogens is 447 g/mol. The van der Waals surface area contributed by atoms with Crippen LogP contribution >= 0.6 is 7.26 Å². The Bertz CT molecular complexity index is 843. The van der Waals surface area contributed by atoms with Gasteiger partial charge in [-0.1, -0.05) is 71.8 Å². The lowest BCUT2D eigenvalue weighted by Gasteiger charge is -2.27. The van der Waals surface area contributed by atoms with Crippen molar-refractivity contribution in [3.63, 3.8) is 0 Å². The Morgan fingerprint density at radius 3 is 1.40 bits per heavy atom. The van der Waals surface area contributed by atoms with Crippen LogP contribution in [-0.2, 0) is 0 Å². The molecule has 0 saturated carbocycles. The Morgan fingerprint density at radius 1 is 0.633 bits per heavy atom. The van der Waals surface area contributed by atoms with Gasteiger partial charge in [0.1, 0.15) is 23.2 Å². The van der Waals surface area contributed by atoms with Crippen LogP contribution in [0.15, 0.2) is 114 Å². The second-order valence-electron chi connectivity index (χ2n) is 7.87. The first-order chi connectivity index (χ1) is 14.1. The highest BCUT2D eigenvalue weighted by molar-refractivity contribution is 7.95. The number of halogens is 1. The monoisotopic (exact) mass is 478 g/mol. The average molecular weight is 479 g/mol. The normalized spacial score (nSPS) is 11.5. The molecule has 0 N–H and O–H groups in total. The van der Waals surface area contributed by atoms with Gasteiger partial charge in [0.05, 0.1) is 6.16 Å². The molecule has 30 heavy (non-hydrogen) atoms. The molecule has 156 valence electrons. The molecule has 0 fully saturated rings. The van der Waals surface area contributed by atoms with E-state index >= 15 is 0 Å². The molecule has 0 aliphatic rings. The van der Waals surface area contributed by atoms with E-state index in [1.54, 1.807) is 0 Å². The molecule has 0 aliphatic heterocycles. The van der Waals surface area contributed by atoms with Gasteiger partial charge in [-0.15, -0.1) is 0 Å². The Kier molecular flexibility index (Phi) is 9.76. The van der Waals surface area contributed by atoms with Crippen molar-refractivity contribution >= 4 is 23.2 Å². The Hall–Kier alpha value is -1.95. The fourth-order valence-corrected chi connectivity index (χ4v) is 7.95. The van der Waals surface area contributed by atoms with Gasteiger partial charge in [0, 0.05) is 0 Å². The van der Waals surface area contributed by atoms with Gasteiger partial charge in [0.2, 0.25) is 0 Å². The van der Waals surface area contributed by atoms with Crippen LogP contribution in [0.1, 0.15) is 33.6 Å². The minimum atomic E-state index is -1.75. The lowest BCUT2D eigenvalue weighted by atomic mass is 10.1. The van der Waals surface area contributed by atoms with Gasteiger partial charge in [-0.25, -0.2) is 0 Å². The van der Waals surface area contributed by atoms with E-state index in [9.17, 15) is 0 Å². The minimum Gasteiger partial charge on any atom is -1.00 e. The van der Waals surface area contributed by atoms with Crippen molar-refractivity contribution in [3.8, 4) is 0 Å². The minimum absolute atomic E-state index is 0. The number of benzene rings is 3. The smallest absolute Gasteiger partial charge is 0.115 e. The van der Waals surface area contributed by atoms with Crippen molar-refractivity contribution < 1.29 is 17.0 Å². The SMILES string of the molecule is CC(C)=CCCC(C)=CC[P+](c1ccccc1)(c1ccccc1)c1ccccc1.[Br-]. The molecule has 3 aromatic carbocycles. The van der Waals surface area contributed by atoms with Crippen LogP contribution in [0, 0.1) is 0 Å². The van der Waals surface area contributed by atoms with E-state index in [1.165, 1.54) is 27.1 Å². The van der Waals surface area contributed by atoms with Gasteiger partial charge in [-0.3, -0.25) is 0 Å². The first-order valence-corrected chi connectivity index (χ1v) is 12.4.